The van der Waals surface area contributed by atoms with Crippen LogP contribution in [0.15, 0.2) is 11.4 Å². The van der Waals surface area contributed by atoms with Crippen LogP contribution in [0.5, 0.6) is 0 Å². The Morgan fingerprint density at radius 3 is 3.06 bits per heavy atom. The van der Waals surface area contributed by atoms with Crippen molar-refractivity contribution in [2.45, 2.75) is 6.42 Å². The summed E-state index contributed by atoms with van der Waals surface area (Å²) >= 11 is 1.34. The number of nitriles is 1. The molecule has 0 aliphatic carbocycles. The molecular weight excluding hydrogens is 238 g/mol. The number of anilines is 1. The first-order valence-electron chi connectivity index (χ1n) is 5.24. The molecule has 17 heavy (non-hydrogen) atoms. The third kappa shape index (κ3) is 4.53. The zero-order chi connectivity index (χ0) is 12.7. The van der Waals surface area contributed by atoms with Gasteiger partial charge in [0.05, 0.1) is 12.2 Å². The highest BCUT2D eigenvalue weighted by Gasteiger charge is 2.08. The maximum Gasteiger partial charge on any atom is 0.226 e. The third-order valence-corrected chi connectivity index (χ3v) is 3.07. The number of hydrogen-bond donors (Lipinski definition) is 2. The number of nitrogens with one attached hydrogen (secondary N) is 1. The molecule has 0 radical (unpaired) electrons. The molecule has 5 nitrogen and oxygen atoms in total. The fraction of sp³-hybridized carbons (Fsp3) is 0.455. The first-order valence-corrected chi connectivity index (χ1v) is 6.12. The van der Waals surface area contributed by atoms with E-state index in [-0.39, 0.29) is 12.5 Å². The Morgan fingerprint density at radius 1 is 1.65 bits per heavy atom. The molecule has 92 valence electrons. The van der Waals surface area contributed by atoms with E-state index >= 15 is 0 Å². The lowest BCUT2D eigenvalue weighted by molar-refractivity contribution is -0.116. The first-order chi connectivity index (χ1) is 8.17. The number of amides is 1. The number of rotatable bonds is 6. The summed E-state index contributed by atoms with van der Waals surface area (Å²) in [6.45, 7) is 1.22. The van der Waals surface area contributed by atoms with Crippen LogP contribution in [0.2, 0.25) is 0 Å². The van der Waals surface area contributed by atoms with E-state index in [0.717, 1.165) is 0 Å². The van der Waals surface area contributed by atoms with Crippen molar-refractivity contribution in [3.8, 4) is 6.07 Å². The van der Waals surface area contributed by atoms with Gasteiger partial charge in [0, 0.05) is 19.5 Å². The van der Waals surface area contributed by atoms with Crippen molar-refractivity contribution < 1.29 is 9.90 Å². The molecule has 0 atom stereocenters. The molecule has 0 aromatic carbocycles. The van der Waals surface area contributed by atoms with Gasteiger partial charge in [-0.3, -0.25) is 4.79 Å². The largest absolute Gasteiger partial charge is 0.395 e. The average Bonchev–Trinajstić information content (AvgIpc) is 2.74. The highest BCUT2D eigenvalue weighted by molar-refractivity contribution is 7.14. The summed E-state index contributed by atoms with van der Waals surface area (Å²) in [5.41, 5.74) is 0.493. The van der Waals surface area contributed by atoms with Gasteiger partial charge in [-0.25, -0.2) is 0 Å². The molecular formula is C11H15N3O2S. The van der Waals surface area contributed by atoms with Gasteiger partial charge in [0.15, 0.2) is 0 Å². The summed E-state index contributed by atoms with van der Waals surface area (Å²) in [5, 5.41) is 22.6. The smallest absolute Gasteiger partial charge is 0.226 e. The predicted octanol–water partition coefficient (Wildman–Crippen LogP) is 0.872. The Kier molecular flexibility index (Phi) is 5.63. The minimum absolute atomic E-state index is 0.0849. The quantitative estimate of drug-likeness (QED) is 0.789. The number of hydrogen-bond acceptors (Lipinski definition) is 5. The SMILES string of the molecule is CN(CCO)CCC(=O)Nc1sccc1C#N. The molecule has 2 N–H and O–H groups in total. The molecule has 1 aromatic rings. The van der Waals surface area contributed by atoms with E-state index in [9.17, 15) is 4.79 Å². The minimum Gasteiger partial charge on any atom is -0.395 e. The number of aliphatic hydroxyl groups excluding tert-OH is 1. The molecule has 0 bridgehead atoms. The molecule has 1 amide bonds. The molecule has 0 saturated heterocycles. The number of aliphatic hydroxyl groups is 1. The molecule has 1 heterocycles. The monoisotopic (exact) mass is 253 g/mol. The van der Waals surface area contributed by atoms with Crippen LogP contribution < -0.4 is 5.32 Å². The standard InChI is InChI=1S/C11H15N3O2S/c1-14(5-6-15)4-2-10(16)13-11-9(8-12)3-7-17-11/h3,7,15H,2,4-6H2,1H3,(H,13,16). The van der Waals surface area contributed by atoms with E-state index in [1.54, 1.807) is 11.4 Å². The van der Waals surface area contributed by atoms with Gasteiger partial charge in [-0.1, -0.05) is 0 Å². The summed E-state index contributed by atoms with van der Waals surface area (Å²) in [6, 6.07) is 3.70. The molecule has 6 heteroatoms. The summed E-state index contributed by atoms with van der Waals surface area (Å²) in [7, 11) is 1.84. The number of carbonyl (C=O) groups is 1. The van der Waals surface area contributed by atoms with E-state index in [2.05, 4.69) is 5.32 Å². The van der Waals surface area contributed by atoms with Gasteiger partial charge in [0.25, 0.3) is 0 Å². The molecule has 0 unspecified atom stereocenters. The fourth-order valence-corrected chi connectivity index (χ4v) is 2.01. The molecule has 0 saturated carbocycles. The van der Waals surface area contributed by atoms with Gasteiger partial charge >= 0.3 is 0 Å². The van der Waals surface area contributed by atoms with E-state index < -0.39 is 0 Å². The zero-order valence-corrected chi connectivity index (χ0v) is 10.5. The average molecular weight is 253 g/mol. The van der Waals surface area contributed by atoms with Gasteiger partial charge in [-0.05, 0) is 18.5 Å². The van der Waals surface area contributed by atoms with Gasteiger partial charge in [0.2, 0.25) is 5.91 Å². The maximum atomic E-state index is 11.6. The number of nitrogens with zero attached hydrogens (tertiary/aromatic N) is 2. The van der Waals surface area contributed by atoms with Crippen molar-refractivity contribution in [1.82, 2.24) is 4.90 Å². The topological polar surface area (TPSA) is 76.4 Å². The first kappa shape index (κ1) is 13.6. The molecule has 1 aromatic heterocycles. The van der Waals surface area contributed by atoms with Crippen LogP contribution in [0, 0.1) is 11.3 Å². The molecule has 0 fully saturated rings. The second-order valence-electron chi connectivity index (χ2n) is 3.60. The zero-order valence-electron chi connectivity index (χ0n) is 9.64. The van der Waals surface area contributed by atoms with Crippen LogP contribution in [0.3, 0.4) is 0 Å². The molecule has 1 rings (SSSR count). The summed E-state index contributed by atoms with van der Waals surface area (Å²) in [4.78, 5) is 13.5. The van der Waals surface area contributed by atoms with Crippen LogP contribution >= 0.6 is 11.3 Å². The lowest BCUT2D eigenvalue weighted by Gasteiger charge is -2.14. The van der Waals surface area contributed by atoms with E-state index in [0.29, 0.717) is 30.1 Å². The van der Waals surface area contributed by atoms with Crippen molar-refractivity contribution in [2.75, 3.05) is 32.1 Å². The van der Waals surface area contributed by atoms with Crippen molar-refractivity contribution in [3.05, 3.63) is 17.0 Å². The fourth-order valence-electron chi connectivity index (χ4n) is 1.26. The Balaban J connectivity index is 2.38. The van der Waals surface area contributed by atoms with Crippen LogP contribution in [-0.2, 0) is 4.79 Å². The minimum atomic E-state index is -0.117. The Hall–Kier alpha value is -1.42. The lowest BCUT2D eigenvalue weighted by atomic mass is 10.3. The van der Waals surface area contributed by atoms with Gasteiger partial charge in [-0.2, -0.15) is 5.26 Å². The van der Waals surface area contributed by atoms with Crippen LogP contribution in [0.25, 0.3) is 0 Å². The van der Waals surface area contributed by atoms with Crippen molar-refractivity contribution in [3.63, 3.8) is 0 Å². The highest BCUT2D eigenvalue weighted by atomic mass is 32.1. The molecule has 0 aliphatic heterocycles. The second kappa shape index (κ2) is 7.01. The number of carbonyl (C=O) groups excluding carboxylic acids is 1. The third-order valence-electron chi connectivity index (χ3n) is 2.24. The van der Waals surface area contributed by atoms with Gasteiger partial charge in [0.1, 0.15) is 11.1 Å². The second-order valence-corrected chi connectivity index (χ2v) is 4.52. The van der Waals surface area contributed by atoms with E-state index in [4.69, 9.17) is 10.4 Å². The summed E-state index contributed by atoms with van der Waals surface area (Å²) in [5.74, 6) is -0.117. The maximum absolute atomic E-state index is 11.6. The van der Waals surface area contributed by atoms with E-state index in [1.165, 1.54) is 11.3 Å². The summed E-state index contributed by atoms with van der Waals surface area (Å²) < 4.78 is 0. The van der Waals surface area contributed by atoms with Crippen molar-refractivity contribution >= 4 is 22.2 Å². The van der Waals surface area contributed by atoms with Gasteiger partial charge < -0.3 is 15.3 Å². The number of thiophene rings is 1. The van der Waals surface area contributed by atoms with Crippen molar-refractivity contribution in [1.29, 1.82) is 5.26 Å². The van der Waals surface area contributed by atoms with Crippen molar-refractivity contribution in [2.24, 2.45) is 0 Å². The number of likely N-dealkylation sites (N-methyl/N-ethyl adjacent to an activating group) is 1. The molecule has 0 spiro atoms. The normalized spacial score (nSPS) is 10.2. The lowest BCUT2D eigenvalue weighted by Crippen LogP contribution is -2.26. The molecule has 0 aliphatic rings. The Labute approximate surface area is 104 Å². The Bertz CT molecular complexity index is 411. The Morgan fingerprint density at radius 2 is 2.41 bits per heavy atom. The predicted molar refractivity (Wildman–Crippen MR) is 66.9 cm³/mol. The summed E-state index contributed by atoms with van der Waals surface area (Å²) in [6.07, 6.45) is 0.346. The van der Waals surface area contributed by atoms with Gasteiger partial charge in [-0.15, -0.1) is 11.3 Å². The highest BCUT2D eigenvalue weighted by Crippen LogP contribution is 2.22. The van der Waals surface area contributed by atoms with Crippen LogP contribution in [-0.4, -0.2) is 42.7 Å². The van der Waals surface area contributed by atoms with E-state index in [1.807, 2.05) is 18.0 Å². The van der Waals surface area contributed by atoms with Crippen LogP contribution in [0.4, 0.5) is 5.00 Å². The van der Waals surface area contributed by atoms with Crippen LogP contribution in [0.1, 0.15) is 12.0 Å².